The highest BCUT2D eigenvalue weighted by atomic mass is 19.1. The molecule has 2 aromatic rings. The Morgan fingerprint density at radius 3 is 2.88 bits per heavy atom. The summed E-state index contributed by atoms with van der Waals surface area (Å²) in [6.07, 6.45) is 0. The maximum Gasteiger partial charge on any atom is 0.137 e. The molecule has 1 fully saturated rings. The summed E-state index contributed by atoms with van der Waals surface area (Å²) in [6, 6.07) is 6.76. The Bertz CT molecular complexity index is 517. The van der Waals surface area contributed by atoms with Gasteiger partial charge in [-0.3, -0.25) is 4.90 Å². The Labute approximate surface area is 99.2 Å². The third kappa shape index (κ3) is 2.18. The van der Waals surface area contributed by atoms with E-state index in [1.54, 1.807) is 12.1 Å². The summed E-state index contributed by atoms with van der Waals surface area (Å²) >= 11 is 0. The van der Waals surface area contributed by atoms with Gasteiger partial charge in [0.05, 0.1) is 11.9 Å². The summed E-state index contributed by atoms with van der Waals surface area (Å²) in [5, 5.41) is 3.89. The van der Waals surface area contributed by atoms with Crippen LogP contribution in [0.25, 0.3) is 11.0 Å². The van der Waals surface area contributed by atoms with Crippen LogP contribution in [0.5, 0.6) is 0 Å². The average molecular weight is 234 g/mol. The molecule has 0 aliphatic carbocycles. The van der Waals surface area contributed by atoms with Crippen LogP contribution in [0, 0.1) is 5.82 Å². The van der Waals surface area contributed by atoms with Crippen LogP contribution >= 0.6 is 0 Å². The second kappa shape index (κ2) is 4.47. The van der Waals surface area contributed by atoms with E-state index in [4.69, 9.17) is 4.42 Å². The minimum atomic E-state index is -0.210. The minimum Gasteiger partial charge on any atom is -0.460 e. The quantitative estimate of drug-likeness (QED) is 0.861. The fourth-order valence-electron chi connectivity index (χ4n) is 2.25. The van der Waals surface area contributed by atoms with Gasteiger partial charge in [0.25, 0.3) is 0 Å². The van der Waals surface area contributed by atoms with E-state index in [-0.39, 0.29) is 5.82 Å². The smallest absolute Gasteiger partial charge is 0.137 e. The summed E-state index contributed by atoms with van der Waals surface area (Å²) in [5.74, 6) is 0.629. The second-order valence-electron chi connectivity index (χ2n) is 4.39. The molecule has 0 radical (unpaired) electrons. The van der Waals surface area contributed by atoms with Crippen LogP contribution < -0.4 is 5.32 Å². The van der Waals surface area contributed by atoms with Gasteiger partial charge in [0.2, 0.25) is 0 Å². The van der Waals surface area contributed by atoms with Gasteiger partial charge in [-0.15, -0.1) is 0 Å². The van der Waals surface area contributed by atoms with E-state index in [0.29, 0.717) is 11.0 Å². The lowest BCUT2D eigenvalue weighted by Gasteiger charge is -2.26. The molecule has 90 valence electrons. The van der Waals surface area contributed by atoms with Crippen LogP contribution in [0.2, 0.25) is 0 Å². The molecular formula is C13H15FN2O. The van der Waals surface area contributed by atoms with E-state index in [2.05, 4.69) is 10.2 Å². The van der Waals surface area contributed by atoms with Gasteiger partial charge in [0.1, 0.15) is 17.2 Å². The molecule has 0 spiro atoms. The Hall–Kier alpha value is -1.39. The van der Waals surface area contributed by atoms with Crippen LogP contribution in [0.4, 0.5) is 4.39 Å². The normalized spacial score (nSPS) is 17.7. The molecule has 1 aromatic carbocycles. The first-order chi connectivity index (χ1) is 8.33. The Kier molecular flexibility index (Phi) is 2.82. The molecule has 1 N–H and O–H groups in total. The number of piperazine rings is 1. The van der Waals surface area contributed by atoms with Gasteiger partial charge >= 0.3 is 0 Å². The number of nitrogens with zero attached hydrogens (tertiary/aromatic N) is 1. The van der Waals surface area contributed by atoms with E-state index >= 15 is 0 Å². The number of hydrogen-bond donors (Lipinski definition) is 1. The molecule has 17 heavy (non-hydrogen) atoms. The molecule has 3 rings (SSSR count). The van der Waals surface area contributed by atoms with Crippen LogP contribution in [0.1, 0.15) is 5.76 Å². The van der Waals surface area contributed by atoms with E-state index in [9.17, 15) is 4.39 Å². The van der Waals surface area contributed by atoms with Crippen molar-refractivity contribution in [1.82, 2.24) is 10.2 Å². The third-order valence-corrected chi connectivity index (χ3v) is 3.15. The third-order valence-electron chi connectivity index (χ3n) is 3.15. The van der Waals surface area contributed by atoms with Crippen molar-refractivity contribution >= 4 is 11.0 Å². The number of benzene rings is 1. The fraction of sp³-hybridized carbons (Fsp3) is 0.385. The standard InChI is InChI=1S/C13H15FN2O/c14-12-2-1-3-13-11(12)8-10(17-13)9-16-6-4-15-5-7-16/h1-3,8,15H,4-7,9H2. The van der Waals surface area contributed by atoms with Crippen LogP contribution in [0.15, 0.2) is 28.7 Å². The van der Waals surface area contributed by atoms with Gasteiger partial charge in [0, 0.05) is 26.2 Å². The summed E-state index contributed by atoms with van der Waals surface area (Å²) in [4.78, 5) is 2.31. The molecular weight excluding hydrogens is 219 g/mol. The van der Waals surface area contributed by atoms with Gasteiger partial charge in [-0.05, 0) is 18.2 Å². The van der Waals surface area contributed by atoms with Gasteiger partial charge in [0.15, 0.2) is 0 Å². The Morgan fingerprint density at radius 1 is 1.29 bits per heavy atom. The molecule has 0 unspecified atom stereocenters. The maximum atomic E-state index is 13.5. The van der Waals surface area contributed by atoms with Crippen LogP contribution in [-0.2, 0) is 6.54 Å². The molecule has 1 aliphatic rings. The van der Waals surface area contributed by atoms with Crippen LogP contribution in [-0.4, -0.2) is 31.1 Å². The molecule has 2 heterocycles. The van der Waals surface area contributed by atoms with Crippen molar-refractivity contribution in [2.45, 2.75) is 6.54 Å². The number of halogens is 1. The first kappa shape index (κ1) is 10.7. The lowest BCUT2D eigenvalue weighted by molar-refractivity contribution is 0.218. The number of rotatable bonds is 2. The van der Waals surface area contributed by atoms with Crippen molar-refractivity contribution < 1.29 is 8.81 Å². The zero-order valence-corrected chi connectivity index (χ0v) is 9.58. The molecule has 1 saturated heterocycles. The lowest BCUT2D eigenvalue weighted by atomic mass is 10.2. The zero-order valence-electron chi connectivity index (χ0n) is 9.58. The monoisotopic (exact) mass is 234 g/mol. The highest BCUT2D eigenvalue weighted by Crippen LogP contribution is 2.22. The fourth-order valence-corrected chi connectivity index (χ4v) is 2.25. The average Bonchev–Trinajstić information content (AvgIpc) is 2.74. The molecule has 1 aromatic heterocycles. The number of fused-ring (bicyclic) bond motifs is 1. The summed E-state index contributed by atoms with van der Waals surface area (Å²) in [6.45, 7) is 4.80. The Balaban J connectivity index is 1.83. The predicted molar refractivity (Wildman–Crippen MR) is 64.3 cm³/mol. The van der Waals surface area contributed by atoms with Crippen molar-refractivity contribution in [2.24, 2.45) is 0 Å². The molecule has 3 nitrogen and oxygen atoms in total. The van der Waals surface area contributed by atoms with Crippen molar-refractivity contribution in [3.05, 3.63) is 35.8 Å². The van der Waals surface area contributed by atoms with Crippen molar-refractivity contribution in [3.8, 4) is 0 Å². The second-order valence-corrected chi connectivity index (χ2v) is 4.39. The van der Waals surface area contributed by atoms with Gasteiger partial charge in [-0.1, -0.05) is 6.07 Å². The van der Waals surface area contributed by atoms with Gasteiger partial charge < -0.3 is 9.73 Å². The molecule has 0 saturated carbocycles. The first-order valence-corrected chi connectivity index (χ1v) is 5.93. The molecule has 0 atom stereocenters. The molecule has 1 aliphatic heterocycles. The van der Waals surface area contributed by atoms with E-state index in [1.807, 2.05) is 6.07 Å². The largest absolute Gasteiger partial charge is 0.460 e. The highest BCUT2D eigenvalue weighted by Gasteiger charge is 2.13. The minimum absolute atomic E-state index is 0.210. The van der Waals surface area contributed by atoms with E-state index in [1.165, 1.54) is 6.07 Å². The Morgan fingerprint density at radius 2 is 2.12 bits per heavy atom. The topological polar surface area (TPSA) is 28.4 Å². The zero-order chi connectivity index (χ0) is 11.7. The first-order valence-electron chi connectivity index (χ1n) is 5.93. The summed E-state index contributed by atoms with van der Waals surface area (Å²) < 4.78 is 19.1. The molecule has 0 bridgehead atoms. The van der Waals surface area contributed by atoms with Crippen molar-refractivity contribution in [2.75, 3.05) is 26.2 Å². The highest BCUT2D eigenvalue weighted by molar-refractivity contribution is 5.78. The number of nitrogens with one attached hydrogen (secondary N) is 1. The lowest BCUT2D eigenvalue weighted by Crippen LogP contribution is -2.42. The predicted octanol–water partition coefficient (Wildman–Crippen LogP) is 1.98. The van der Waals surface area contributed by atoms with E-state index in [0.717, 1.165) is 38.5 Å². The van der Waals surface area contributed by atoms with Crippen molar-refractivity contribution in [1.29, 1.82) is 0 Å². The number of hydrogen-bond acceptors (Lipinski definition) is 3. The van der Waals surface area contributed by atoms with Crippen LogP contribution in [0.3, 0.4) is 0 Å². The molecule has 4 heteroatoms. The molecule has 0 amide bonds. The summed E-state index contributed by atoms with van der Waals surface area (Å²) in [7, 11) is 0. The SMILES string of the molecule is Fc1cccc2oc(CN3CCNCC3)cc12. The van der Waals surface area contributed by atoms with Gasteiger partial charge in [-0.25, -0.2) is 4.39 Å². The summed E-state index contributed by atoms with van der Waals surface area (Å²) in [5.41, 5.74) is 0.634. The maximum absolute atomic E-state index is 13.5. The van der Waals surface area contributed by atoms with E-state index < -0.39 is 0 Å². The van der Waals surface area contributed by atoms with Crippen molar-refractivity contribution in [3.63, 3.8) is 0 Å². The number of furan rings is 1. The van der Waals surface area contributed by atoms with Gasteiger partial charge in [-0.2, -0.15) is 0 Å².